The highest BCUT2D eigenvalue weighted by atomic mass is 16.5. The summed E-state index contributed by atoms with van der Waals surface area (Å²) >= 11 is 0. The Kier molecular flexibility index (Phi) is 5.86. The number of carbonyl (C=O) groups excluding carboxylic acids is 2. The zero-order valence-electron chi connectivity index (χ0n) is 18.3. The van der Waals surface area contributed by atoms with Crippen LogP contribution in [0.5, 0.6) is 5.75 Å². The summed E-state index contributed by atoms with van der Waals surface area (Å²) in [6.07, 6.45) is 3.85. The van der Waals surface area contributed by atoms with Crippen molar-refractivity contribution in [3.63, 3.8) is 0 Å². The van der Waals surface area contributed by atoms with Crippen molar-refractivity contribution < 1.29 is 19.4 Å². The van der Waals surface area contributed by atoms with E-state index in [1.807, 2.05) is 24.3 Å². The molecule has 1 aliphatic carbocycles. The molecule has 2 aromatic rings. The van der Waals surface area contributed by atoms with Gasteiger partial charge in [0.25, 0.3) is 11.7 Å². The van der Waals surface area contributed by atoms with E-state index in [0.717, 1.165) is 31.2 Å². The summed E-state index contributed by atoms with van der Waals surface area (Å²) in [5, 5.41) is 11.2. The summed E-state index contributed by atoms with van der Waals surface area (Å²) in [5.41, 5.74) is 2.66. The Balaban J connectivity index is 1.86. The Morgan fingerprint density at radius 2 is 1.74 bits per heavy atom. The van der Waals surface area contributed by atoms with Crippen LogP contribution in [0.1, 0.15) is 68.2 Å². The van der Waals surface area contributed by atoms with Crippen LogP contribution in [0.4, 0.5) is 0 Å². The maximum atomic E-state index is 13.2. The van der Waals surface area contributed by atoms with E-state index in [-0.39, 0.29) is 17.4 Å². The number of methoxy groups -OCH3 is 1. The molecule has 2 aliphatic rings. The van der Waals surface area contributed by atoms with Gasteiger partial charge in [0.15, 0.2) is 0 Å². The van der Waals surface area contributed by atoms with Crippen LogP contribution < -0.4 is 4.74 Å². The lowest BCUT2D eigenvalue weighted by atomic mass is 9.92. The van der Waals surface area contributed by atoms with Crippen molar-refractivity contribution in [3.8, 4) is 5.75 Å². The van der Waals surface area contributed by atoms with Gasteiger partial charge in [0.2, 0.25) is 0 Å². The van der Waals surface area contributed by atoms with Crippen LogP contribution in [0.15, 0.2) is 54.1 Å². The van der Waals surface area contributed by atoms with Crippen LogP contribution in [0.25, 0.3) is 5.76 Å². The number of Topliss-reactive ketones (excluding diaryl/α,β-unsaturated/α-hetero) is 1. The Hall–Kier alpha value is -3.08. The molecule has 2 aromatic carbocycles. The molecule has 0 bridgehead atoms. The summed E-state index contributed by atoms with van der Waals surface area (Å²) in [5.74, 6) is -0.339. The molecule has 1 amide bonds. The molecule has 1 atom stereocenters. The number of likely N-dealkylation sites (tertiary alicyclic amines) is 1. The Morgan fingerprint density at radius 1 is 1.06 bits per heavy atom. The maximum Gasteiger partial charge on any atom is 0.295 e. The molecular formula is C26H29NO4. The zero-order chi connectivity index (χ0) is 22.1. The highest BCUT2D eigenvalue weighted by molar-refractivity contribution is 6.46. The number of rotatable bonds is 5. The van der Waals surface area contributed by atoms with Gasteiger partial charge in [-0.3, -0.25) is 9.59 Å². The van der Waals surface area contributed by atoms with Crippen LogP contribution in [-0.4, -0.2) is 34.8 Å². The predicted octanol–water partition coefficient (Wildman–Crippen LogP) is 5.18. The van der Waals surface area contributed by atoms with Crippen molar-refractivity contribution in [1.29, 1.82) is 0 Å². The number of carbonyl (C=O) groups is 2. The highest BCUT2D eigenvalue weighted by Gasteiger charge is 2.49. The Labute approximate surface area is 183 Å². The lowest BCUT2D eigenvalue weighted by molar-refractivity contribution is -0.141. The second-order valence-electron chi connectivity index (χ2n) is 8.70. The molecule has 1 aliphatic heterocycles. The molecule has 31 heavy (non-hydrogen) atoms. The van der Waals surface area contributed by atoms with Crippen LogP contribution >= 0.6 is 0 Å². The first-order valence-electron chi connectivity index (χ1n) is 11.0. The van der Waals surface area contributed by atoms with E-state index in [1.54, 1.807) is 36.3 Å². The number of hydrogen-bond acceptors (Lipinski definition) is 4. The maximum absolute atomic E-state index is 13.2. The quantitative estimate of drug-likeness (QED) is 0.412. The number of ketones is 1. The van der Waals surface area contributed by atoms with Gasteiger partial charge in [-0.25, -0.2) is 0 Å². The van der Waals surface area contributed by atoms with E-state index in [4.69, 9.17) is 4.74 Å². The first-order valence-corrected chi connectivity index (χ1v) is 11.0. The van der Waals surface area contributed by atoms with Crippen molar-refractivity contribution in [2.75, 3.05) is 7.11 Å². The minimum atomic E-state index is -0.620. The van der Waals surface area contributed by atoms with Crippen molar-refractivity contribution in [2.24, 2.45) is 0 Å². The topological polar surface area (TPSA) is 66.8 Å². The average Bonchev–Trinajstić information content (AvgIpc) is 3.40. The monoisotopic (exact) mass is 419 g/mol. The van der Waals surface area contributed by atoms with E-state index in [9.17, 15) is 14.7 Å². The molecule has 5 nitrogen and oxygen atoms in total. The minimum absolute atomic E-state index is 0.0156. The smallest absolute Gasteiger partial charge is 0.295 e. The second-order valence-corrected chi connectivity index (χ2v) is 8.70. The lowest BCUT2D eigenvalue weighted by Crippen LogP contribution is -2.37. The molecule has 0 radical (unpaired) electrons. The molecule has 1 heterocycles. The van der Waals surface area contributed by atoms with Crippen LogP contribution in [0.3, 0.4) is 0 Å². The van der Waals surface area contributed by atoms with Gasteiger partial charge in [-0.1, -0.05) is 63.1 Å². The zero-order valence-corrected chi connectivity index (χ0v) is 18.3. The Bertz CT molecular complexity index is 1020. The van der Waals surface area contributed by atoms with E-state index in [0.29, 0.717) is 17.2 Å². The molecule has 1 saturated carbocycles. The average molecular weight is 420 g/mol. The molecule has 5 heteroatoms. The van der Waals surface area contributed by atoms with Gasteiger partial charge in [-0.15, -0.1) is 0 Å². The number of aliphatic hydroxyl groups is 1. The molecule has 0 aromatic heterocycles. The van der Waals surface area contributed by atoms with Gasteiger partial charge in [0.05, 0.1) is 18.7 Å². The van der Waals surface area contributed by atoms with Gasteiger partial charge in [-0.05, 0) is 42.0 Å². The fraction of sp³-hybridized carbons (Fsp3) is 0.385. The van der Waals surface area contributed by atoms with Crippen LogP contribution in [-0.2, 0) is 9.59 Å². The van der Waals surface area contributed by atoms with Gasteiger partial charge in [0.1, 0.15) is 11.5 Å². The van der Waals surface area contributed by atoms with Crippen molar-refractivity contribution in [2.45, 2.75) is 57.5 Å². The summed E-state index contributed by atoms with van der Waals surface area (Å²) in [6, 6.07) is 14.4. The molecule has 1 N–H and O–H groups in total. The van der Waals surface area contributed by atoms with Crippen LogP contribution in [0, 0.1) is 0 Å². The number of benzene rings is 2. The first-order chi connectivity index (χ1) is 14.9. The summed E-state index contributed by atoms with van der Waals surface area (Å²) in [6.45, 7) is 4.25. The van der Waals surface area contributed by atoms with E-state index in [2.05, 4.69) is 13.8 Å². The van der Waals surface area contributed by atoms with Gasteiger partial charge in [0, 0.05) is 11.6 Å². The van der Waals surface area contributed by atoms with Crippen LogP contribution in [0.2, 0.25) is 0 Å². The SMILES string of the molecule is COc1cccc(/C(O)=C2/C(=O)C(=O)N(C3CCCC3)C2c2ccc(C(C)C)cc2)c1. The lowest BCUT2D eigenvalue weighted by Gasteiger charge is -2.31. The minimum Gasteiger partial charge on any atom is -0.507 e. The largest absolute Gasteiger partial charge is 0.507 e. The number of nitrogens with zero attached hydrogens (tertiary/aromatic N) is 1. The third-order valence-electron chi connectivity index (χ3n) is 6.46. The number of amides is 1. The fourth-order valence-corrected chi connectivity index (χ4v) is 4.73. The van der Waals surface area contributed by atoms with Crippen molar-refractivity contribution in [3.05, 3.63) is 70.8 Å². The highest BCUT2D eigenvalue weighted by Crippen LogP contribution is 2.43. The Morgan fingerprint density at radius 3 is 2.35 bits per heavy atom. The second kappa shape index (κ2) is 8.58. The van der Waals surface area contributed by atoms with Crippen molar-refractivity contribution >= 4 is 17.4 Å². The number of aliphatic hydroxyl groups excluding tert-OH is 1. The standard InChI is InChI=1S/C26H29NO4/c1-16(2)17-11-13-18(14-12-17)23-22(24(28)19-7-6-10-21(15-19)31-3)25(29)26(30)27(23)20-8-4-5-9-20/h6-7,10-16,20,23,28H,4-5,8-9H2,1-3H3/b24-22-. The van der Waals surface area contributed by atoms with Gasteiger partial charge in [-0.2, -0.15) is 0 Å². The van der Waals surface area contributed by atoms with E-state index < -0.39 is 17.7 Å². The van der Waals surface area contributed by atoms with Crippen molar-refractivity contribution in [1.82, 2.24) is 4.90 Å². The van der Waals surface area contributed by atoms with E-state index in [1.165, 1.54) is 5.56 Å². The van der Waals surface area contributed by atoms with Gasteiger partial charge >= 0.3 is 0 Å². The predicted molar refractivity (Wildman–Crippen MR) is 120 cm³/mol. The molecule has 1 saturated heterocycles. The summed E-state index contributed by atoms with van der Waals surface area (Å²) in [7, 11) is 1.55. The molecule has 2 fully saturated rings. The third kappa shape index (κ3) is 3.85. The third-order valence-corrected chi connectivity index (χ3v) is 6.46. The van der Waals surface area contributed by atoms with Gasteiger partial charge < -0.3 is 14.7 Å². The molecular weight excluding hydrogens is 390 g/mol. The number of ether oxygens (including phenoxy) is 1. The summed E-state index contributed by atoms with van der Waals surface area (Å²) in [4.78, 5) is 28.0. The number of hydrogen-bond donors (Lipinski definition) is 1. The molecule has 162 valence electrons. The molecule has 1 unspecified atom stereocenters. The fourth-order valence-electron chi connectivity index (χ4n) is 4.73. The summed E-state index contributed by atoms with van der Waals surface area (Å²) < 4.78 is 5.27. The molecule has 4 rings (SSSR count). The normalized spacial score (nSPS) is 21.3. The molecule has 0 spiro atoms. The van der Waals surface area contributed by atoms with E-state index >= 15 is 0 Å². The first kappa shape index (κ1) is 21.2.